The van der Waals surface area contributed by atoms with Crippen LogP contribution in [-0.2, 0) is 0 Å². The standard InChI is InChI=1S/C19H20ClN3O4S/c1-12(2)9-10-27-15-6-3-13(4-7-15)18(24)22-19(28)21-17-8-5-14(23(25)26)11-16(17)20/h3-8,11-12H,9-10H2,1-2H3,(H2,21,22,24,28). The van der Waals surface area contributed by atoms with E-state index in [1.807, 2.05) is 0 Å². The highest BCUT2D eigenvalue weighted by atomic mass is 35.5. The van der Waals surface area contributed by atoms with Crippen molar-refractivity contribution in [2.45, 2.75) is 20.3 Å². The Hall–Kier alpha value is -2.71. The van der Waals surface area contributed by atoms with Gasteiger partial charge in [0, 0.05) is 17.7 Å². The van der Waals surface area contributed by atoms with Gasteiger partial charge in [0.2, 0.25) is 0 Å². The second-order valence-electron chi connectivity index (χ2n) is 6.38. The third-order valence-electron chi connectivity index (χ3n) is 3.72. The van der Waals surface area contributed by atoms with Crippen LogP contribution in [0.1, 0.15) is 30.6 Å². The van der Waals surface area contributed by atoms with Gasteiger partial charge in [0.05, 0.1) is 22.2 Å². The van der Waals surface area contributed by atoms with E-state index in [1.165, 1.54) is 18.2 Å². The molecule has 9 heteroatoms. The molecular weight excluding hydrogens is 402 g/mol. The van der Waals surface area contributed by atoms with Crippen LogP contribution < -0.4 is 15.4 Å². The number of hydrogen-bond donors (Lipinski definition) is 2. The van der Waals surface area contributed by atoms with E-state index in [1.54, 1.807) is 24.3 Å². The molecule has 0 spiro atoms. The van der Waals surface area contributed by atoms with Crippen LogP contribution in [0.5, 0.6) is 5.75 Å². The number of nitro benzene ring substituents is 1. The minimum Gasteiger partial charge on any atom is -0.494 e. The van der Waals surface area contributed by atoms with Crippen molar-refractivity contribution < 1.29 is 14.5 Å². The molecule has 2 aromatic rings. The van der Waals surface area contributed by atoms with Crippen LogP contribution in [0.25, 0.3) is 0 Å². The first-order chi connectivity index (χ1) is 13.3. The zero-order valence-corrected chi connectivity index (χ0v) is 17.0. The number of nitro groups is 1. The lowest BCUT2D eigenvalue weighted by atomic mass is 10.1. The minimum absolute atomic E-state index is 0.0259. The Morgan fingerprint density at radius 1 is 1.25 bits per heavy atom. The van der Waals surface area contributed by atoms with Crippen molar-refractivity contribution in [3.05, 3.63) is 63.2 Å². The first-order valence-corrected chi connectivity index (χ1v) is 9.34. The monoisotopic (exact) mass is 421 g/mol. The maximum Gasteiger partial charge on any atom is 0.271 e. The number of hydrogen-bond acceptors (Lipinski definition) is 5. The predicted octanol–water partition coefficient (Wildman–Crippen LogP) is 4.80. The maximum atomic E-state index is 12.3. The van der Waals surface area contributed by atoms with E-state index in [2.05, 4.69) is 24.5 Å². The Balaban J connectivity index is 1.91. The van der Waals surface area contributed by atoms with Crippen molar-refractivity contribution >= 4 is 46.2 Å². The van der Waals surface area contributed by atoms with Crippen molar-refractivity contribution in [2.75, 3.05) is 11.9 Å². The summed E-state index contributed by atoms with van der Waals surface area (Å²) in [7, 11) is 0. The molecule has 148 valence electrons. The number of amides is 1. The number of nitrogens with one attached hydrogen (secondary N) is 2. The number of thiocarbonyl (C=S) groups is 1. The highest BCUT2D eigenvalue weighted by Gasteiger charge is 2.12. The van der Waals surface area contributed by atoms with Gasteiger partial charge in [-0.15, -0.1) is 0 Å². The molecule has 0 bridgehead atoms. The lowest BCUT2D eigenvalue weighted by Crippen LogP contribution is -2.34. The van der Waals surface area contributed by atoms with Crippen molar-refractivity contribution in [1.29, 1.82) is 0 Å². The molecule has 1 amide bonds. The number of non-ortho nitro benzene ring substituents is 1. The topological polar surface area (TPSA) is 93.5 Å². The summed E-state index contributed by atoms with van der Waals surface area (Å²) in [5, 5.41) is 16.2. The van der Waals surface area contributed by atoms with Crippen molar-refractivity contribution in [3.63, 3.8) is 0 Å². The third kappa shape index (κ3) is 6.47. The van der Waals surface area contributed by atoms with Gasteiger partial charge in [-0.2, -0.15) is 0 Å². The van der Waals surface area contributed by atoms with Crippen molar-refractivity contribution in [2.24, 2.45) is 5.92 Å². The number of halogens is 1. The van der Waals surface area contributed by atoms with Gasteiger partial charge < -0.3 is 10.1 Å². The fraction of sp³-hybridized carbons (Fsp3) is 0.263. The molecule has 28 heavy (non-hydrogen) atoms. The summed E-state index contributed by atoms with van der Waals surface area (Å²) in [5.74, 6) is 0.850. The number of ether oxygens (including phenoxy) is 1. The zero-order chi connectivity index (χ0) is 20.7. The van der Waals surface area contributed by atoms with Gasteiger partial charge in [-0.25, -0.2) is 0 Å². The molecule has 0 unspecified atom stereocenters. The Morgan fingerprint density at radius 2 is 1.93 bits per heavy atom. The molecule has 0 aromatic heterocycles. The van der Waals surface area contributed by atoms with E-state index >= 15 is 0 Å². The van der Waals surface area contributed by atoms with Gasteiger partial charge in [0.1, 0.15) is 5.75 Å². The van der Waals surface area contributed by atoms with Crippen LogP contribution in [0, 0.1) is 16.0 Å². The van der Waals surface area contributed by atoms with Crippen LogP contribution >= 0.6 is 23.8 Å². The summed E-state index contributed by atoms with van der Waals surface area (Å²) in [6.07, 6.45) is 0.952. The summed E-state index contributed by atoms with van der Waals surface area (Å²) in [6, 6.07) is 10.6. The Kier molecular flexibility index (Phi) is 7.71. The van der Waals surface area contributed by atoms with Gasteiger partial charge >= 0.3 is 0 Å². The Bertz CT molecular complexity index is 872. The lowest BCUT2D eigenvalue weighted by molar-refractivity contribution is -0.384. The first-order valence-electron chi connectivity index (χ1n) is 8.55. The van der Waals surface area contributed by atoms with E-state index in [-0.39, 0.29) is 15.8 Å². The summed E-state index contributed by atoms with van der Waals surface area (Å²) < 4.78 is 5.62. The third-order valence-corrected chi connectivity index (χ3v) is 4.24. The van der Waals surface area contributed by atoms with Crippen molar-refractivity contribution in [1.82, 2.24) is 5.32 Å². The second-order valence-corrected chi connectivity index (χ2v) is 7.20. The fourth-order valence-corrected chi connectivity index (χ4v) is 2.59. The van der Waals surface area contributed by atoms with E-state index in [0.29, 0.717) is 29.5 Å². The van der Waals surface area contributed by atoms with E-state index < -0.39 is 10.8 Å². The molecule has 2 aromatic carbocycles. The van der Waals surface area contributed by atoms with E-state index in [9.17, 15) is 14.9 Å². The average molecular weight is 422 g/mol. The van der Waals surface area contributed by atoms with Crippen molar-refractivity contribution in [3.8, 4) is 5.75 Å². The molecule has 0 aliphatic rings. The highest BCUT2D eigenvalue weighted by molar-refractivity contribution is 7.80. The molecule has 2 rings (SSSR count). The highest BCUT2D eigenvalue weighted by Crippen LogP contribution is 2.26. The fourth-order valence-electron chi connectivity index (χ4n) is 2.16. The molecule has 0 saturated carbocycles. The van der Waals surface area contributed by atoms with E-state index in [0.717, 1.165) is 6.42 Å². The Morgan fingerprint density at radius 3 is 2.50 bits per heavy atom. The van der Waals surface area contributed by atoms with Gasteiger partial charge in [-0.1, -0.05) is 25.4 Å². The molecule has 7 nitrogen and oxygen atoms in total. The van der Waals surface area contributed by atoms with Gasteiger partial charge in [0.15, 0.2) is 5.11 Å². The number of carbonyl (C=O) groups excluding carboxylic acids is 1. The lowest BCUT2D eigenvalue weighted by Gasteiger charge is -2.11. The van der Waals surface area contributed by atoms with E-state index in [4.69, 9.17) is 28.6 Å². The van der Waals surface area contributed by atoms with Gasteiger partial charge in [0.25, 0.3) is 11.6 Å². The maximum absolute atomic E-state index is 12.3. The first kappa shape index (κ1) is 21.6. The Labute approximate surface area is 173 Å². The van der Waals surface area contributed by atoms with Gasteiger partial charge in [-0.05, 0) is 54.9 Å². The quantitative estimate of drug-likeness (QED) is 0.379. The van der Waals surface area contributed by atoms with Crippen LogP contribution in [0.4, 0.5) is 11.4 Å². The predicted molar refractivity (Wildman–Crippen MR) is 113 cm³/mol. The number of anilines is 1. The number of rotatable bonds is 7. The van der Waals surface area contributed by atoms with Crippen LogP contribution in [-0.4, -0.2) is 22.5 Å². The molecule has 2 N–H and O–H groups in total. The second kappa shape index (κ2) is 10.0. The molecule has 0 aliphatic heterocycles. The number of carbonyl (C=O) groups is 1. The SMILES string of the molecule is CC(C)CCOc1ccc(C(=O)NC(=S)Nc2ccc([N+](=O)[O-])cc2Cl)cc1. The zero-order valence-electron chi connectivity index (χ0n) is 15.4. The summed E-state index contributed by atoms with van der Waals surface area (Å²) >= 11 is 11.1. The molecule has 0 atom stereocenters. The largest absolute Gasteiger partial charge is 0.494 e. The van der Waals surface area contributed by atoms with Crippen LogP contribution in [0.2, 0.25) is 5.02 Å². The minimum atomic E-state index is -0.550. The number of nitrogens with zero attached hydrogens (tertiary/aromatic N) is 1. The molecule has 0 fully saturated rings. The number of benzene rings is 2. The molecular formula is C19H20ClN3O4S. The smallest absolute Gasteiger partial charge is 0.271 e. The average Bonchev–Trinajstić information content (AvgIpc) is 2.63. The van der Waals surface area contributed by atoms with Crippen LogP contribution in [0.15, 0.2) is 42.5 Å². The van der Waals surface area contributed by atoms with Crippen LogP contribution in [0.3, 0.4) is 0 Å². The summed E-state index contributed by atoms with van der Waals surface area (Å²) in [6.45, 7) is 4.86. The molecule has 0 aliphatic carbocycles. The molecule has 0 heterocycles. The normalized spacial score (nSPS) is 10.4. The molecule has 0 radical (unpaired) electrons. The molecule has 0 saturated heterocycles. The van der Waals surface area contributed by atoms with Gasteiger partial charge in [-0.3, -0.25) is 20.2 Å². The summed E-state index contributed by atoms with van der Waals surface area (Å²) in [5.41, 5.74) is 0.628. The summed E-state index contributed by atoms with van der Waals surface area (Å²) in [4.78, 5) is 22.5.